The van der Waals surface area contributed by atoms with E-state index in [1.807, 2.05) is 43.3 Å². The Morgan fingerprint density at radius 2 is 1.81 bits per heavy atom. The third-order valence-electron chi connectivity index (χ3n) is 2.91. The third kappa shape index (κ3) is 6.27. The molecule has 0 aliphatic carbocycles. The van der Waals surface area contributed by atoms with Crippen molar-refractivity contribution in [2.75, 3.05) is 34.3 Å². The lowest BCUT2D eigenvalue weighted by molar-refractivity contribution is -0.139. The molecule has 21 heavy (non-hydrogen) atoms. The summed E-state index contributed by atoms with van der Waals surface area (Å²) in [6.07, 6.45) is 0.804. The molecule has 0 atom stereocenters. The predicted molar refractivity (Wildman–Crippen MR) is 81.0 cm³/mol. The molecule has 6 nitrogen and oxygen atoms in total. The first-order valence-electron chi connectivity index (χ1n) is 6.87. The maximum Gasteiger partial charge on any atom is 0.309 e. The van der Waals surface area contributed by atoms with Crippen LogP contribution in [0.25, 0.3) is 0 Å². The molecular formula is C15H23N3O3. The lowest BCUT2D eigenvalue weighted by Gasteiger charge is -2.11. The number of hydrogen-bond acceptors (Lipinski definition) is 4. The molecule has 1 rings (SSSR count). The predicted octanol–water partition coefficient (Wildman–Crippen LogP) is 0.379. The summed E-state index contributed by atoms with van der Waals surface area (Å²) in [6.45, 7) is 1.61. The van der Waals surface area contributed by atoms with E-state index in [0.717, 1.165) is 18.5 Å². The topological polar surface area (TPSA) is 70.7 Å². The van der Waals surface area contributed by atoms with Crippen molar-refractivity contribution in [3.05, 3.63) is 29.8 Å². The Hall–Kier alpha value is -2.08. The summed E-state index contributed by atoms with van der Waals surface area (Å²) in [4.78, 5) is 25.3. The number of nitrogens with zero attached hydrogens (tertiary/aromatic N) is 1. The monoisotopic (exact) mass is 293 g/mol. The standard InChI is InChI=1S/C15H23N3O3/c1-18(2)10-6-9-16-14(19)15(20)17-11-12-7-4-5-8-13(12)21-3/h4-5,7-8H,6,9-11H2,1-3H3,(H,16,19)(H,17,20). The molecule has 0 bridgehead atoms. The second-order valence-corrected chi connectivity index (χ2v) is 4.91. The number of nitrogens with one attached hydrogen (secondary N) is 2. The average molecular weight is 293 g/mol. The van der Waals surface area contributed by atoms with Crippen molar-refractivity contribution in [1.82, 2.24) is 15.5 Å². The zero-order chi connectivity index (χ0) is 15.7. The van der Waals surface area contributed by atoms with Gasteiger partial charge >= 0.3 is 11.8 Å². The van der Waals surface area contributed by atoms with Crippen molar-refractivity contribution in [3.8, 4) is 5.75 Å². The van der Waals surface area contributed by atoms with Crippen LogP contribution in [-0.4, -0.2) is 51.0 Å². The molecule has 0 fully saturated rings. The lowest BCUT2D eigenvalue weighted by Crippen LogP contribution is -2.40. The Labute approximate surface area is 125 Å². The van der Waals surface area contributed by atoms with E-state index in [9.17, 15) is 9.59 Å². The second-order valence-electron chi connectivity index (χ2n) is 4.91. The quantitative estimate of drug-likeness (QED) is 0.563. The number of methoxy groups -OCH3 is 1. The summed E-state index contributed by atoms with van der Waals surface area (Å²) >= 11 is 0. The van der Waals surface area contributed by atoms with Gasteiger partial charge in [-0.1, -0.05) is 18.2 Å². The van der Waals surface area contributed by atoms with E-state index in [-0.39, 0.29) is 6.54 Å². The lowest BCUT2D eigenvalue weighted by atomic mass is 10.2. The highest BCUT2D eigenvalue weighted by Gasteiger charge is 2.13. The number of para-hydroxylation sites is 1. The summed E-state index contributed by atoms with van der Waals surface area (Å²) in [7, 11) is 5.49. The maximum absolute atomic E-state index is 11.7. The maximum atomic E-state index is 11.7. The fourth-order valence-corrected chi connectivity index (χ4v) is 1.78. The van der Waals surface area contributed by atoms with E-state index in [4.69, 9.17) is 4.74 Å². The Bertz CT molecular complexity index is 475. The molecule has 116 valence electrons. The molecule has 0 aromatic heterocycles. The highest BCUT2D eigenvalue weighted by atomic mass is 16.5. The number of amides is 2. The van der Waals surface area contributed by atoms with Crippen LogP contribution in [0, 0.1) is 0 Å². The van der Waals surface area contributed by atoms with Crippen LogP contribution in [0.15, 0.2) is 24.3 Å². The number of hydrogen-bond donors (Lipinski definition) is 2. The highest BCUT2D eigenvalue weighted by molar-refractivity contribution is 6.35. The smallest absolute Gasteiger partial charge is 0.309 e. The van der Waals surface area contributed by atoms with E-state index in [2.05, 4.69) is 10.6 Å². The Morgan fingerprint density at radius 3 is 2.48 bits per heavy atom. The minimum atomic E-state index is -0.634. The van der Waals surface area contributed by atoms with Crippen molar-refractivity contribution in [2.45, 2.75) is 13.0 Å². The van der Waals surface area contributed by atoms with E-state index < -0.39 is 11.8 Å². The van der Waals surface area contributed by atoms with Crippen molar-refractivity contribution < 1.29 is 14.3 Å². The summed E-state index contributed by atoms with van der Waals surface area (Å²) in [5.41, 5.74) is 0.828. The van der Waals surface area contributed by atoms with Crippen LogP contribution >= 0.6 is 0 Å². The van der Waals surface area contributed by atoms with E-state index in [0.29, 0.717) is 12.3 Å². The number of benzene rings is 1. The van der Waals surface area contributed by atoms with Crippen LogP contribution in [0.5, 0.6) is 5.75 Å². The van der Waals surface area contributed by atoms with Crippen LogP contribution in [0.3, 0.4) is 0 Å². The summed E-state index contributed by atoms with van der Waals surface area (Å²) in [6, 6.07) is 7.35. The molecule has 1 aromatic carbocycles. The van der Waals surface area contributed by atoms with E-state index >= 15 is 0 Å². The van der Waals surface area contributed by atoms with Gasteiger partial charge in [0.2, 0.25) is 0 Å². The molecule has 0 aliphatic rings. The van der Waals surface area contributed by atoms with Gasteiger partial charge in [0.25, 0.3) is 0 Å². The number of carbonyl (C=O) groups excluding carboxylic acids is 2. The fraction of sp³-hybridized carbons (Fsp3) is 0.467. The second kappa shape index (κ2) is 8.97. The van der Waals surface area contributed by atoms with Crippen molar-refractivity contribution in [1.29, 1.82) is 0 Å². The molecule has 0 heterocycles. The van der Waals surface area contributed by atoms with Crippen LogP contribution in [-0.2, 0) is 16.1 Å². The van der Waals surface area contributed by atoms with Gasteiger partial charge in [0.05, 0.1) is 7.11 Å². The van der Waals surface area contributed by atoms with Gasteiger partial charge in [0, 0.05) is 18.7 Å². The SMILES string of the molecule is COc1ccccc1CNC(=O)C(=O)NCCCN(C)C. The zero-order valence-corrected chi connectivity index (χ0v) is 12.8. The first-order valence-corrected chi connectivity index (χ1v) is 6.87. The minimum absolute atomic E-state index is 0.258. The van der Waals surface area contributed by atoms with Gasteiger partial charge in [0.15, 0.2) is 0 Å². The van der Waals surface area contributed by atoms with Crippen molar-refractivity contribution in [3.63, 3.8) is 0 Å². The highest BCUT2D eigenvalue weighted by Crippen LogP contribution is 2.16. The molecule has 2 amide bonds. The van der Waals surface area contributed by atoms with Gasteiger partial charge in [0.1, 0.15) is 5.75 Å². The molecule has 1 aromatic rings. The van der Waals surface area contributed by atoms with Crippen LogP contribution < -0.4 is 15.4 Å². The Balaban J connectivity index is 2.34. The number of rotatable bonds is 7. The summed E-state index contributed by atoms with van der Waals surface area (Å²) in [5.74, 6) is -0.557. The Kier molecular flexibility index (Phi) is 7.25. The normalized spacial score (nSPS) is 10.3. The number of ether oxygens (including phenoxy) is 1. The molecule has 2 N–H and O–H groups in total. The van der Waals surface area contributed by atoms with Crippen LogP contribution in [0.2, 0.25) is 0 Å². The van der Waals surface area contributed by atoms with E-state index in [1.54, 1.807) is 7.11 Å². The molecule has 0 aliphatic heterocycles. The first-order chi connectivity index (χ1) is 10.0. The number of carbonyl (C=O) groups is 2. The van der Waals surface area contributed by atoms with Crippen molar-refractivity contribution >= 4 is 11.8 Å². The minimum Gasteiger partial charge on any atom is -0.496 e. The van der Waals surface area contributed by atoms with Gasteiger partial charge in [-0.05, 0) is 33.1 Å². The van der Waals surface area contributed by atoms with Crippen LogP contribution in [0.4, 0.5) is 0 Å². The molecule has 0 spiro atoms. The zero-order valence-electron chi connectivity index (χ0n) is 12.8. The molecular weight excluding hydrogens is 270 g/mol. The molecule has 0 saturated carbocycles. The largest absolute Gasteiger partial charge is 0.496 e. The van der Waals surface area contributed by atoms with Crippen LogP contribution in [0.1, 0.15) is 12.0 Å². The van der Waals surface area contributed by atoms with Gasteiger partial charge in [-0.3, -0.25) is 9.59 Å². The van der Waals surface area contributed by atoms with E-state index in [1.165, 1.54) is 0 Å². The third-order valence-corrected chi connectivity index (χ3v) is 2.91. The van der Waals surface area contributed by atoms with Gasteiger partial charge in [-0.25, -0.2) is 0 Å². The molecule has 0 radical (unpaired) electrons. The fourth-order valence-electron chi connectivity index (χ4n) is 1.78. The Morgan fingerprint density at radius 1 is 1.14 bits per heavy atom. The van der Waals surface area contributed by atoms with Gasteiger partial charge in [-0.15, -0.1) is 0 Å². The van der Waals surface area contributed by atoms with Gasteiger partial charge in [-0.2, -0.15) is 0 Å². The van der Waals surface area contributed by atoms with Gasteiger partial charge < -0.3 is 20.3 Å². The molecule has 0 unspecified atom stereocenters. The summed E-state index contributed by atoms with van der Waals surface area (Å²) < 4.78 is 5.18. The summed E-state index contributed by atoms with van der Waals surface area (Å²) in [5, 5.41) is 5.18. The molecule has 6 heteroatoms. The van der Waals surface area contributed by atoms with Crippen molar-refractivity contribution in [2.24, 2.45) is 0 Å². The first kappa shape index (κ1) is 17.0. The molecule has 0 saturated heterocycles. The average Bonchev–Trinajstić information content (AvgIpc) is 2.48.